The molecule has 0 amide bonds. The number of aromatic amines is 1. The van der Waals surface area contributed by atoms with Gasteiger partial charge >= 0.3 is 0 Å². The Kier molecular flexibility index (Phi) is 4.60. The van der Waals surface area contributed by atoms with Gasteiger partial charge in [0.1, 0.15) is 0 Å². The van der Waals surface area contributed by atoms with Crippen molar-refractivity contribution in [2.24, 2.45) is 0 Å². The molecule has 3 rings (SSSR count). The van der Waals surface area contributed by atoms with E-state index in [0.717, 1.165) is 16.8 Å². The van der Waals surface area contributed by atoms with E-state index >= 15 is 0 Å². The van der Waals surface area contributed by atoms with E-state index in [1.165, 1.54) is 16.6 Å². The molecular formula is C18H21N5O3. The molecule has 0 spiro atoms. The molecule has 0 fully saturated rings. The van der Waals surface area contributed by atoms with Crippen molar-refractivity contribution in [2.75, 3.05) is 14.1 Å². The monoisotopic (exact) mass is 355 g/mol. The van der Waals surface area contributed by atoms with Crippen LogP contribution in [0.15, 0.2) is 29.1 Å². The number of non-ortho nitro benzene ring substituents is 1. The zero-order valence-corrected chi connectivity index (χ0v) is 15.2. The minimum atomic E-state index is -0.439. The van der Waals surface area contributed by atoms with E-state index in [9.17, 15) is 14.9 Å². The van der Waals surface area contributed by atoms with Gasteiger partial charge in [0.2, 0.25) is 0 Å². The lowest BCUT2D eigenvalue weighted by Crippen LogP contribution is -2.22. The van der Waals surface area contributed by atoms with E-state index in [4.69, 9.17) is 0 Å². The Morgan fingerprint density at radius 3 is 2.42 bits per heavy atom. The van der Waals surface area contributed by atoms with Crippen molar-refractivity contribution in [1.29, 1.82) is 0 Å². The van der Waals surface area contributed by atoms with Crippen LogP contribution in [0.2, 0.25) is 0 Å². The molecule has 26 heavy (non-hydrogen) atoms. The summed E-state index contributed by atoms with van der Waals surface area (Å²) in [6.07, 6.45) is 0.375. The van der Waals surface area contributed by atoms with Gasteiger partial charge in [0, 0.05) is 47.6 Å². The van der Waals surface area contributed by atoms with Gasteiger partial charge in [-0.05, 0) is 33.5 Å². The third-order valence-corrected chi connectivity index (χ3v) is 4.39. The second kappa shape index (κ2) is 6.72. The second-order valence-electron chi connectivity index (χ2n) is 6.69. The van der Waals surface area contributed by atoms with Gasteiger partial charge < -0.3 is 4.90 Å². The zero-order valence-electron chi connectivity index (χ0n) is 15.2. The molecule has 0 unspecified atom stereocenters. The molecule has 3 aromatic rings. The number of aryl methyl sites for hydroxylation is 2. The fourth-order valence-electron chi connectivity index (χ4n) is 3.02. The van der Waals surface area contributed by atoms with Crippen LogP contribution < -0.4 is 5.56 Å². The van der Waals surface area contributed by atoms with Crippen LogP contribution in [-0.4, -0.2) is 38.5 Å². The molecule has 0 radical (unpaired) electrons. The predicted octanol–water partition coefficient (Wildman–Crippen LogP) is 2.20. The van der Waals surface area contributed by atoms with E-state index in [1.807, 2.05) is 32.8 Å². The van der Waals surface area contributed by atoms with E-state index in [2.05, 4.69) is 10.1 Å². The minimum Gasteiger partial charge on any atom is -0.305 e. The van der Waals surface area contributed by atoms with Gasteiger partial charge in [0.15, 0.2) is 5.65 Å². The number of rotatable bonds is 5. The van der Waals surface area contributed by atoms with Crippen molar-refractivity contribution in [1.82, 2.24) is 19.5 Å². The van der Waals surface area contributed by atoms with Crippen LogP contribution in [0.5, 0.6) is 0 Å². The molecule has 136 valence electrons. The minimum absolute atomic E-state index is 0.0316. The maximum atomic E-state index is 13.0. The number of hydrogen-bond acceptors (Lipinski definition) is 5. The SMILES string of the molecule is Cc1nc2c(CN(C)C)c(C)[nH]n2c(=O)c1Cc1ccc([N+](=O)[O-])cc1. The average molecular weight is 355 g/mol. The Morgan fingerprint density at radius 1 is 1.19 bits per heavy atom. The highest BCUT2D eigenvalue weighted by Crippen LogP contribution is 2.18. The van der Waals surface area contributed by atoms with Crippen molar-refractivity contribution < 1.29 is 4.92 Å². The van der Waals surface area contributed by atoms with E-state index in [0.29, 0.717) is 29.9 Å². The molecule has 1 aromatic carbocycles. The summed E-state index contributed by atoms with van der Waals surface area (Å²) in [6.45, 7) is 4.44. The van der Waals surface area contributed by atoms with Crippen molar-refractivity contribution in [3.05, 3.63) is 72.8 Å². The molecular weight excluding hydrogens is 334 g/mol. The fraction of sp³-hybridized carbons (Fsp3) is 0.333. The summed E-state index contributed by atoms with van der Waals surface area (Å²) < 4.78 is 1.49. The lowest BCUT2D eigenvalue weighted by molar-refractivity contribution is -0.384. The van der Waals surface area contributed by atoms with Crippen LogP contribution in [-0.2, 0) is 13.0 Å². The highest BCUT2D eigenvalue weighted by Gasteiger charge is 2.17. The normalized spacial score (nSPS) is 11.4. The van der Waals surface area contributed by atoms with Gasteiger partial charge in [0.05, 0.1) is 4.92 Å². The number of H-pyrrole nitrogens is 1. The highest BCUT2D eigenvalue weighted by molar-refractivity contribution is 5.51. The average Bonchev–Trinajstić information content (AvgIpc) is 2.88. The summed E-state index contributed by atoms with van der Waals surface area (Å²) in [5, 5.41) is 13.9. The first kappa shape index (κ1) is 17.8. The first-order chi connectivity index (χ1) is 12.3. The molecule has 0 aliphatic heterocycles. The Labute approximate surface area is 150 Å². The lowest BCUT2D eigenvalue weighted by atomic mass is 10.0. The predicted molar refractivity (Wildman–Crippen MR) is 98.6 cm³/mol. The maximum Gasteiger partial charge on any atom is 0.276 e. The van der Waals surface area contributed by atoms with E-state index in [1.54, 1.807) is 12.1 Å². The second-order valence-corrected chi connectivity index (χ2v) is 6.69. The third-order valence-electron chi connectivity index (χ3n) is 4.39. The summed E-state index contributed by atoms with van der Waals surface area (Å²) in [5.41, 5.74) is 4.53. The van der Waals surface area contributed by atoms with Crippen molar-refractivity contribution in [2.45, 2.75) is 26.8 Å². The summed E-state index contributed by atoms with van der Waals surface area (Å²) in [7, 11) is 3.94. The first-order valence-electron chi connectivity index (χ1n) is 8.25. The molecule has 0 bridgehead atoms. The summed E-state index contributed by atoms with van der Waals surface area (Å²) in [5.74, 6) is 0. The van der Waals surface area contributed by atoms with E-state index < -0.39 is 4.92 Å². The number of fused-ring (bicyclic) bond motifs is 1. The number of hydrogen-bond donors (Lipinski definition) is 1. The van der Waals surface area contributed by atoms with Crippen LogP contribution in [0, 0.1) is 24.0 Å². The quantitative estimate of drug-likeness (QED) is 0.559. The summed E-state index contributed by atoms with van der Waals surface area (Å²) in [4.78, 5) is 30.0. The molecule has 8 heteroatoms. The Balaban J connectivity index is 2.04. The molecule has 0 aliphatic carbocycles. The number of nitro groups is 1. The molecule has 0 aliphatic rings. The standard InChI is InChI=1S/C18H21N5O3/c1-11-15(9-13-5-7-14(8-6-13)23(25)26)18(24)22-17(19-11)16(10-21(3)4)12(2)20-22/h5-8,20H,9-10H2,1-4H3. The molecule has 8 nitrogen and oxygen atoms in total. The van der Waals surface area contributed by atoms with Gasteiger partial charge in [-0.2, -0.15) is 0 Å². The van der Waals surface area contributed by atoms with Crippen LogP contribution in [0.4, 0.5) is 5.69 Å². The lowest BCUT2D eigenvalue weighted by Gasteiger charge is -2.10. The van der Waals surface area contributed by atoms with Gasteiger partial charge in [-0.15, -0.1) is 0 Å². The molecule has 2 heterocycles. The number of benzene rings is 1. The molecule has 0 saturated heterocycles. The highest BCUT2D eigenvalue weighted by atomic mass is 16.6. The van der Waals surface area contributed by atoms with Gasteiger partial charge in [-0.25, -0.2) is 9.50 Å². The van der Waals surface area contributed by atoms with Crippen molar-refractivity contribution in [3.8, 4) is 0 Å². The smallest absolute Gasteiger partial charge is 0.276 e. The number of aromatic nitrogens is 3. The summed E-state index contributed by atoms with van der Waals surface area (Å²) >= 11 is 0. The largest absolute Gasteiger partial charge is 0.305 e. The van der Waals surface area contributed by atoms with E-state index in [-0.39, 0.29) is 11.2 Å². The van der Waals surface area contributed by atoms with Crippen molar-refractivity contribution in [3.63, 3.8) is 0 Å². The molecule has 0 saturated carbocycles. The number of nitro benzene ring substituents is 1. The molecule has 1 N–H and O–H groups in total. The number of nitrogens with zero attached hydrogens (tertiary/aromatic N) is 4. The summed E-state index contributed by atoms with van der Waals surface area (Å²) in [6, 6.07) is 6.23. The molecule has 0 atom stereocenters. The van der Waals surface area contributed by atoms with Crippen molar-refractivity contribution >= 4 is 11.3 Å². The Morgan fingerprint density at radius 2 is 1.85 bits per heavy atom. The van der Waals surface area contributed by atoms with Crippen LogP contribution in [0.1, 0.15) is 28.1 Å². The van der Waals surface area contributed by atoms with Crippen LogP contribution in [0.25, 0.3) is 5.65 Å². The first-order valence-corrected chi connectivity index (χ1v) is 8.25. The number of nitrogens with one attached hydrogen (secondary N) is 1. The van der Waals surface area contributed by atoms with Gasteiger partial charge in [-0.1, -0.05) is 12.1 Å². The van der Waals surface area contributed by atoms with Gasteiger partial charge in [0.25, 0.3) is 11.2 Å². The Hall–Kier alpha value is -3.00. The fourth-order valence-corrected chi connectivity index (χ4v) is 3.02. The Bertz CT molecular complexity index is 1030. The molecule has 2 aromatic heterocycles. The van der Waals surface area contributed by atoms with Gasteiger partial charge in [-0.3, -0.25) is 20.0 Å². The maximum absolute atomic E-state index is 13.0. The van der Waals surface area contributed by atoms with Crippen LogP contribution in [0.3, 0.4) is 0 Å². The third kappa shape index (κ3) is 3.23. The topological polar surface area (TPSA) is 96.5 Å². The zero-order chi connectivity index (χ0) is 19.0. The van der Waals surface area contributed by atoms with Crippen LogP contribution >= 0.6 is 0 Å².